The van der Waals surface area contributed by atoms with Crippen molar-refractivity contribution in [2.75, 3.05) is 0 Å². The highest BCUT2D eigenvalue weighted by atomic mass is 15.0. The van der Waals surface area contributed by atoms with Crippen LogP contribution in [-0.4, -0.2) is 14.4 Å². The smallest absolute Gasteiger partial charge is 0.156 e. The van der Waals surface area contributed by atoms with E-state index in [0.717, 1.165) is 41.0 Å². The first-order chi connectivity index (χ1) is 12.7. The molecule has 4 nitrogen and oxygen atoms in total. The standard InChI is InChI=1S/C22H20N4/c23-22(11-4-12-22)18-9-7-16(8-10-18)20-21(17-5-2-1-3-6-17)26-14-13-24-15-19(26)25-20/h1-3,5-10,13-15H,4,11-12,23H2. The zero-order valence-corrected chi connectivity index (χ0v) is 14.5. The zero-order valence-electron chi connectivity index (χ0n) is 14.5. The summed E-state index contributed by atoms with van der Waals surface area (Å²) < 4.78 is 2.10. The molecule has 1 fully saturated rings. The molecule has 26 heavy (non-hydrogen) atoms. The number of benzene rings is 2. The molecule has 1 aliphatic carbocycles. The molecule has 0 radical (unpaired) electrons. The summed E-state index contributed by atoms with van der Waals surface area (Å²) in [6, 6.07) is 19.0. The highest BCUT2D eigenvalue weighted by molar-refractivity contribution is 5.81. The second kappa shape index (κ2) is 5.78. The molecule has 2 N–H and O–H groups in total. The minimum atomic E-state index is -0.135. The largest absolute Gasteiger partial charge is 0.321 e. The molecule has 5 rings (SSSR count). The summed E-state index contributed by atoms with van der Waals surface area (Å²) in [6.45, 7) is 0. The highest BCUT2D eigenvalue weighted by Gasteiger charge is 2.34. The van der Waals surface area contributed by atoms with Crippen molar-refractivity contribution < 1.29 is 0 Å². The van der Waals surface area contributed by atoms with E-state index < -0.39 is 0 Å². The summed E-state index contributed by atoms with van der Waals surface area (Å²) in [4.78, 5) is 9.07. The zero-order chi connectivity index (χ0) is 17.6. The molecule has 128 valence electrons. The van der Waals surface area contributed by atoms with Gasteiger partial charge in [-0.25, -0.2) is 4.98 Å². The van der Waals surface area contributed by atoms with Crippen molar-refractivity contribution in [3.63, 3.8) is 0 Å². The molecule has 0 amide bonds. The lowest BCUT2D eigenvalue weighted by atomic mass is 9.72. The van der Waals surface area contributed by atoms with Crippen molar-refractivity contribution in [2.24, 2.45) is 5.73 Å². The van der Waals surface area contributed by atoms with Crippen LogP contribution < -0.4 is 5.73 Å². The Bertz CT molecular complexity index is 1060. The molecular formula is C22H20N4. The normalized spacial score (nSPS) is 15.7. The van der Waals surface area contributed by atoms with Crippen LogP contribution in [0.3, 0.4) is 0 Å². The molecule has 2 heterocycles. The molecule has 0 atom stereocenters. The molecule has 4 aromatic rings. The molecule has 0 aliphatic heterocycles. The topological polar surface area (TPSA) is 56.2 Å². The predicted octanol–water partition coefficient (Wildman–Crippen LogP) is 4.40. The Morgan fingerprint density at radius 3 is 2.38 bits per heavy atom. The van der Waals surface area contributed by atoms with E-state index in [1.54, 1.807) is 12.4 Å². The van der Waals surface area contributed by atoms with Gasteiger partial charge in [-0.15, -0.1) is 0 Å². The van der Waals surface area contributed by atoms with Crippen LogP contribution in [0.5, 0.6) is 0 Å². The van der Waals surface area contributed by atoms with Crippen molar-refractivity contribution in [1.82, 2.24) is 14.4 Å². The van der Waals surface area contributed by atoms with Gasteiger partial charge in [0.15, 0.2) is 5.65 Å². The average Bonchev–Trinajstić information content (AvgIpc) is 3.06. The number of aromatic nitrogens is 3. The molecule has 1 saturated carbocycles. The van der Waals surface area contributed by atoms with Gasteiger partial charge in [0, 0.05) is 29.1 Å². The molecule has 0 saturated heterocycles. The number of rotatable bonds is 3. The van der Waals surface area contributed by atoms with Gasteiger partial charge in [0.05, 0.1) is 17.6 Å². The maximum Gasteiger partial charge on any atom is 0.156 e. The van der Waals surface area contributed by atoms with Crippen LogP contribution in [0.4, 0.5) is 0 Å². The fourth-order valence-electron chi connectivity index (χ4n) is 3.79. The second-order valence-electron chi connectivity index (χ2n) is 7.07. The van der Waals surface area contributed by atoms with E-state index in [4.69, 9.17) is 10.7 Å². The first-order valence-electron chi connectivity index (χ1n) is 9.02. The van der Waals surface area contributed by atoms with E-state index in [2.05, 4.69) is 57.9 Å². The Labute approximate surface area is 152 Å². The van der Waals surface area contributed by atoms with Gasteiger partial charge in [0.2, 0.25) is 0 Å². The van der Waals surface area contributed by atoms with Crippen molar-refractivity contribution in [3.8, 4) is 22.5 Å². The third-order valence-corrected chi connectivity index (χ3v) is 5.46. The third kappa shape index (κ3) is 2.34. The summed E-state index contributed by atoms with van der Waals surface area (Å²) >= 11 is 0. The average molecular weight is 340 g/mol. The highest BCUT2D eigenvalue weighted by Crippen LogP contribution is 2.40. The summed E-state index contributed by atoms with van der Waals surface area (Å²) in [6.07, 6.45) is 8.92. The fourth-order valence-corrected chi connectivity index (χ4v) is 3.79. The Balaban J connectivity index is 1.67. The van der Waals surface area contributed by atoms with Crippen molar-refractivity contribution in [1.29, 1.82) is 0 Å². The van der Waals surface area contributed by atoms with Crippen LogP contribution >= 0.6 is 0 Å². The Morgan fingerprint density at radius 2 is 1.69 bits per heavy atom. The summed E-state index contributed by atoms with van der Waals surface area (Å²) in [5.74, 6) is 0. The van der Waals surface area contributed by atoms with Crippen LogP contribution in [0.2, 0.25) is 0 Å². The molecule has 1 aliphatic rings. The quantitative estimate of drug-likeness (QED) is 0.601. The van der Waals surface area contributed by atoms with Gasteiger partial charge in [-0.1, -0.05) is 54.6 Å². The monoisotopic (exact) mass is 340 g/mol. The van der Waals surface area contributed by atoms with Crippen LogP contribution in [-0.2, 0) is 5.54 Å². The first kappa shape index (κ1) is 15.3. The van der Waals surface area contributed by atoms with Gasteiger partial charge in [-0.05, 0) is 24.8 Å². The summed E-state index contributed by atoms with van der Waals surface area (Å²) in [7, 11) is 0. The second-order valence-corrected chi connectivity index (χ2v) is 7.07. The van der Waals surface area contributed by atoms with E-state index in [-0.39, 0.29) is 5.54 Å². The lowest BCUT2D eigenvalue weighted by molar-refractivity contribution is 0.253. The van der Waals surface area contributed by atoms with Gasteiger partial charge in [-0.3, -0.25) is 9.38 Å². The maximum absolute atomic E-state index is 6.47. The van der Waals surface area contributed by atoms with Crippen molar-refractivity contribution >= 4 is 5.65 Å². The molecule has 0 unspecified atom stereocenters. The van der Waals surface area contributed by atoms with Gasteiger partial charge in [0.1, 0.15) is 0 Å². The number of fused-ring (bicyclic) bond motifs is 1. The number of hydrogen-bond donors (Lipinski definition) is 1. The van der Waals surface area contributed by atoms with Crippen LogP contribution in [0.25, 0.3) is 28.2 Å². The predicted molar refractivity (Wildman–Crippen MR) is 104 cm³/mol. The van der Waals surface area contributed by atoms with Crippen LogP contribution in [0, 0.1) is 0 Å². The van der Waals surface area contributed by atoms with Gasteiger partial charge in [-0.2, -0.15) is 0 Å². The summed E-state index contributed by atoms with van der Waals surface area (Å²) in [5, 5.41) is 0. The minimum Gasteiger partial charge on any atom is -0.321 e. The molecule has 2 aromatic carbocycles. The van der Waals surface area contributed by atoms with E-state index in [1.807, 2.05) is 12.3 Å². The minimum absolute atomic E-state index is 0.135. The SMILES string of the molecule is NC1(c2ccc(-c3nc4cnccn4c3-c3ccccc3)cc2)CCC1. The lowest BCUT2D eigenvalue weighted by Gasteiger charge is -2.38. The van der Waals surface area contributed by atoms with Crippen molar-refractivity contribution in [2.45, 2.75) is 24.8 Å². The van der Waals surface area contributed by atoms with Crippen molar-refractivity contribution in [3.05, 3.63) is 78.8 Å². The number of nitrogens with two attached hydrogens (primary N) is 1. The van der Waals surface area contributed by atoms with E-state index in [9.17, 15) is 0 Å². The molecular weight excluding hydrogens is 320 g/mol. The number of nitrogens with zero attached hydrogens (tertiary/aromatic N) is 3. The Hall–Kier alpha value is -2.98. The lowest BCUT2D eigenvalue weighted by Crippen LogP contribution is -2.43. The Kier molecular flexibility index (Phi) is 3.40. The molecule has 0 spiro atoms. The molecule has 2 aromatic heterocycles. The van der Waals surface area contributed by atoms with E-state index >= 15 is 0 Å². The van der Waals surface area contributed by atoms with Gasteiger partial charge < -0.3 is 5.73 Å². The Morgan fingerprint density at radius 1 is 0.923 bits per heavy atom. The maximum atomic E-state index is 6.47. The fraction of sp³-hybridized carbons (Fsp3) is 0.182. The van der Waals surface area contributed by atoms with Crippen LogP contribution in [0.15, 0.2) is 73.2 Å². The van der Waals surface area contributed by atoms with Gasteiger partial charge in [0.25, 0.3) is 0 Å². The first-order valence-corrected chi connectivity index (χ1v) is 9.02. The number of imidazole rings is 1. The van der Waals surface area contributed by atoms with E-state index in [1.165, 1.54) is 12.0 Å². The summed E-state index contributed by atoms with van der Waals surface area (Å²) in [5.41, 5.74) is 12.7. The third-order valence-electron chi connectivity index (χ3n) is 5.46. The molecule has 4 heteroatoms. The van der Waals surface area contributed by atoms with Crippen LogP contribution in [0.1, 0.15) is 24.8 Å². The van der Waals surface area contributed by atoms with E-state index in [0.29, 0.717) is 0 Å². The molecule has 0 bridgehead atoms. The van der Waals surface area contributed by atoms with Gasteiger partial charge >= 0.3 is 0 Å². The number of hydrogen-bond acceptors (Lipinski definition) is 3.